The summed E-state index contributed by atoms with van der Waals surface area (Å²) in [5.74, 6) is 5.13. The molecule has 2 bridgehead atoms. The van der Waals surface area contributed by atoms with Gasteiger partial charge < -0.3 is 0 Å². The molecule has 0 radical (unpaired) electrons. The lowest BCUT2D eigenvalue weighted by Crippen LogP contribution is -2.22. The summed E-state index contributed by atoms with van der Waals surface area (Å²) in [6, 6.07) is 0. The molecule has 5 unspecified atom stereocenters. The Labute approximate surface area is 83.1 Å². The van der Waals surface area contributed by atoms with E-state index in [2.05, 4.69) is 20.8 Å². The Morgan fingerprint density at radius 3 is 2.38 bits per heavy atom. The van der Waals surface area contributed by atoms with Crippen LogP contribution in [-0.4, -0.2) is 0 Å². The van der Waals surface area contributed by atoms with Crippen molar-refractivity contribution < 1.29 is 0 Å². The lowest BCUT2D eigenvalue weighted by atomic mass is 9.75. The van der Waals surface area contributed by atoms with Crippen LogP contribution in [-0.2, 0) is 0 Å². The van der Waals surface area contributed by atoms with Crippen LogP contribution in [0.15, 0.2) is 0 Å². The van der Waals surface area contributed by atoms with Crippen LogP contribution < -0.4 is 0 Å². The Morgan fingerprint density at radius 1 is 0.846 bits per heavy atom. The predicted molar refractivity (Wildman–Crippen MR) is 57.6 cm³/mol. The minimum absolute atomic E-state index is 0.978. The SMILES string of the molecule is CC1CCCC2CC(C)C(C2)C1C. The van der Waals surface area contributed by atoms with Crippen LogP contribution in [0.2, 0.25) is 0 Å². The Hall–Kier alpha value is 0. The van der Waals surface area contributed by atoms with Crippen molar-refractivity contribution in [2.75, 3.05) is 0 Å². The van der Waals surface area contributed by atoms with E-state index in [-0.39, 0.29) is 0 Å². The number of fused-ring (bicyclic) bond motifs is 2. The highest BCUT2D eigenvalue weighted by molar-refractivity contribution is 4.87. The van der Waals surface area contributed by atoms with Crippen molar-refractivity contribution in [1.82, 2.24) is 0 Å². The maximum atomic E-state index is 2.50. The van der Waals surface area contributed by atoms with Gasteiger partial charge in [0.1, 0.15) is 0 Å². The maximum absolute atomic E-state index is 2.50. The molecule has 0 aliphatic heterocycles. The quantitative estimate of drug-likeness (QED) is 0.526. The van der Waals surface area contributed by atoms with Gasteiger partial charge in [-0.2, -0.15) is 0 Å². The first-order chi connectivity index (χ1) is 6.18. The molecular formula is C13H24. The Kier molecular flexibility index (Phi) is 2.67. The van der Waals surface area contributed by atoms with E-state index in [1.54, 1.807) is 6.42 Å². The fourth-order valence-corrected chi connectivity index (χ4v) is 3.80. The Balaban J connectivity index is 2.09. The van der Waals surface area contributed by atoms with E-state index >= 15 is 0 Å². The van der Waals surface area contributed by atoms with Gasteiger partial charge in [-0.15, -0.1) is 0 Å². The number of hydrogen-bond donors (Lipinski definition) is 0. The molecule has 0 nitrogen and oxygen atoms in total. The molecule has 0 heterocycles. The van der Waals surface area contributed by atoms with Crippen molar-refractivity contribution in [3.8, 4) is 0 Å². The van der Waals surface area contributed by atoms with E-state index in [1.807, 2.05) is 0 Å². The fourth-order valence-electron chi connectivity index (χ4n) is 3.80. The Bertz CT molecular complexity index is 173. The van der Waals surface area contributed by atoms with Gasteiger partial charge >= 0.3 is 0 Å². The highest BCUT2D eigenvalue weighted by atomic mass is 14.4. The van der Waals surface area contributed by atoms with Gasteiger partial charge in [-0.3, -0.25) is 0 Å². The van der Waals surface area contributed by atoms with Crippen molar-refractivity contribution in [3.05, 3.63) is 0 Å². The van der Waals surface area contributed by atoms with Gasteiger partial charge in [-0.05, 0) is 42.4 Å². The molecule has 2 aliphatic rings. The molecule has 76 valence electrons. The molecule has 0 aromatic heterocycles. The summed E-state index contributed by atoms with van der Waals surface area (Å²) in [6.45, 7) is 7.45. The molecule has 2 rings (SSSR count). The first-order valence-electron chi connectivity index (χ1n) is 6.18. The molecule has 0 saturated heterocycles. The zero-order chi connectivity index (χ0) is 9.42. The minimum Gasteiger partial charge on any atom is -0.0622 e. The van der Waals surface area contributed by atoms with Crippen molar-refractivity contribution in [2.24, 2.45) is 29.6 Å². The second-order valence-electron chi connectivity index (χ2n) is 5.75. The molecule has 2 aliphatic carbocycles. The standard InChI is InChI=1S/C13H24/c1-9-5-4-6-12-7-10(2)13(8-12)11(9)3/h9-13H,4-8H2,1-3H3. The second kappa shape index (κ2) is 3.63. The van der Waals surface area contributed by atoms with E-state index in [1.165, 1.54) is 25.7 Å². The highest BCUT2D eigenvalue weighted by Gasteiger charge is 2.37. The van der Waals surface area contributed by atoms with Gasteiger partial charge in [0.2, 0.25) is 0 Å². The van der Waals surface area contributed by atoms with Crippen LogP contribution >= 0.6 is 0 Å². The lowest BCUT2D eigenvalue weighted by Gasteiger charge is -2.30. The van der Waals surface area contributed by atoms with Crippen LogP contribution in [0.3, 0.4) is 0 Å². The second-order valence-corrected chi connectivity index (χ2v) is 5.75. The van der Waals surface area contributed by atoms with E-state index in [9.17, 15) is 0 Å². The predicted octanol–water partition coefficient (Wildman–Crippen LogP) is 4.10. The molecule has 0 spiro atoms. The molecule has 2 fully saturated rings. The molecule has 0 aromatic carbocycles. The zero-order valence-electron chi connectivity index (χ0n) is 9.42. The molecular weight excluding hydrogens is 156 g/mol. The van der Waals surface area contributed by atoms with Crippen LogP contribution in [0.4, 0.5) is 0 Å². The van der Waals surface area contributed by atoms with Crippen LogP contribution in [0.5, 0.6) is 0 Å². The Morgan fingerprint density at radius 2 is 1.62 bits per heavy atom. The van der Waals surface area contributed by atoms with E-state index in [4.69, 9.17) is 0 Å². The maximum Gasteiger partial charge on any atom is -0.0357 e. The first-order valence-corrected chi connectivity index (χ1v) is 6.18. The van der Waals surface area contributed by atoms with Crippen molar-refractivity contribution in [2.45, 2.75) is 52.9 Å². The van der Waals surface area contributed by atoms with Gasteiger partial charge in [0.15, 0.2) is 0 Å². The number of rotatable bonds is 0. The normalized spacial score (nSPS) is 51.5. The van der Waals surface area contributed by atoms with E-state index in [0.717, 1.165) is 29.6 Å². The molecule has 5 atom stereocenters. The molecule has 0 N–H and O–H groups in total. The van der Waals surface area contributed by atoms with Gasteiger partial charge in [0.05, 0.1) is 0 Å². The summed E-state index contributed by atoms with van der Waals surface area (Å²) in [5.41, 5.74) is 0. The molecule has 13 heavy (non-hydrogen) atoms. The smallest absolute Gasteiger partial charge is 0.0357 e. The average Bonchev–Trinajstić information content (AvgIpc) is 2.45. The van der Waals surface area contributed by atoms with E-state index in [0.29, 0.717) is 0 Å². The molecule has 0 aromatic rings. The monoisotopic (exact) mass is 180 g/mol. The third-order valence-electron chi connectivity index (χ3n) is 4.89. The lowest BCUT2D eigenvalue weighted by molar-refractivity contribution is 0.196. The van der Waals surface area contributed by atoms with Gasteiger partial charge in [-0.25, -0.2) is 0 Å². The van der Waals surface area contributed by atoms with Crippen molar-refractivity contribution in [1.29, 1.82) is 0 Å². The molecule has 0 amide bonds. The van der Waals surface area contributed by atoms with Crippen LogP contribution in [0.1, 0.15) is 52.9 Å². The van der Waals surface area contributed by atoms with Crippen LogP contribution in [0, 0.1) is 29.6 Å². The third kappa shape index (κ3) is 1.78. The minimum atomic E-state index is 0.978. The van der Waals surface area contributed by atoms with E-state index < -0.39 is 0 Å². The van der Waals surface area contributed by atoms with Crippen molar-refractivity contribution in [3.63, 3.8) is 0 Å². The average molecular weight is 180 g/mol. The summed E-state index contributed by atoms with van der Waals surface area (Å²) in [7, 11) is 0. The fraction of sp³-hybridized carbons (Fsp3) is 1.00. The summed E-state index contributed by atoms with van der Waals surface area (Å²) in [6.07, 6.45) is 7.59. The molecule has 2 saturated carbocycles. The largest absolute Gasteiger partial charge is 0.0622 e. The topological polar surface area (TPSA) is 0 Å². The summed E-state index contributed by atoms with van der Waals surface area (Å²) in [5, 5.41) is 0. The molecule has 0 heteroatoms. The summed E-state index contributed by atoms with van der Waals surface area (Å²) in [4.78, 5) is 0. The zero-order valence-corrected chi connectivity index (χ0v) is 9.42. The highest BCUT2D eigenvalue weighted by Crippen LogP contribution is 2.47. The van der Waals surface area contributed by atoms with Crippen molar-refractivity contribution >= 4 is 0 Å². The summed E-state index contributed by atoms with van der Waals surface area (Å²) >= 11 is 0. The summed E-state index contributed by atoms with van der Waals surface area (Å²) < 4.78 is 0. The third-order valence-corrected chi connectivity index (χ3v) is 4.89. The van der Waals surface area contributed by atoms with Gasteiger partial charge in [0.25, 0.3) is 0 Å². The van der Waals surface area contributed by atoms with Gasteiger partial charge in [0, 0.05) is 0 Å². The first kappa shape index (κ1) is 9.55. The van der Waals surface area contributed by atoms with Gasteiger partial charge in [-0.1, -0.05) is 40.0 Å². The number of hydrogen-bond acceptors (Lipinski definition) is 0. The van der Waals surface area contributed by atoms with Crippen LogP contribution in [0.25, 0.3) is 0 Å².